The van der Waals surface area contributed by atoms with Crippen LogP contribution in [0.15, 0.2) is 42.7 Å². The quantitative estimate of drug-likeness (QED) is 0.693. The van der Waals surface area contributed by atoms with Gasteiger partial charge in [-0.05, 0) is 31.7 Å². The second-order valence-corrected chi connectivity index (χ2v) is 8.86. The second kappa shape index (κ2) is 8.04. The lowest BCUT2D eigenvalue weighted by atomic mass is 9.78. The highest BCUT2D eigenvalue weighted by molar-refractivity contribution is 7.90. The zero-order valence-corrected chi connectivity index (χ0v) is 16.0. The Labute approximate surface area is 159 Å². The third-order valence-electron chi connectivity index (χ3n) is 4.58. The van der Waals surface area contributed by atoms with Crippen LogP contribution in [0.4, 0.5) is 5.95 Å². The van der Waals surface area contributed by atoms with Crippen molar-refractivity contribution in [2.45, 2.75) is 37.5 Å². The number of carbonyl (C=O) groups excluding carboxylic acids is 1. The van der Waals surface area contributed by atoms with Gasteiger partial charge in [-0.15, -0.1) is 0 Å². The van der Waals surface area contributed by atoms with Crippen molar-refractivity contribution in [3.05, 3.63) is 53.9 Å². The largest absolute Gasteiger partial charge is 0.462 e. The second-order valence-electron chi connectivity index (χ2n) is 6.79. The van der Waals surface area contributed by atoms with E-state index in [0.717, 1.165) is 24.8 Å². The highest BCUT2D eigenvalue weighted by atomic mass is 32.2. The Morgan fingerprint density at radius 2 is 1.85 bits per heavy atom. The molecular formula is C19H23N3O4S. The standard InChI is InChI=1S/C19H23N3O4S/c1-2-26-17(23)16-11-20-18(21-12-16)22-19(9-6-10-19)14-27(24,25)13-15-7-4-3-5-8-15/h3-5,7-8,11-12H,2,6,9-10,13-14H2,1H3,(H,20,21,22). The van der Waals surface area contributed by atoms with Gasteiger partial charge >= 0.3 is 5.97 Å². The number of ether oxygens (including phenoxy) is 1. The van der Waals surface area contributed by atoms with Crippen LogP contribution in [0.5, 0.6) is 0 Å². The molecule has 0 spiro atoms. The number of rotatable bonds is 8. The molecule has 0 unspecified atom stereocenters. The van der Waals surface area contributed by atoms with Gasteiger partial charge in [0, 0.05) is 12.4 Å². The number of hydrogen-bond donors (Lipinski definition) is 1. The average molecular weight is 389 g/mol. The number of nitrogens with one attached hydrogen (secondary N) is 1. The van der Waals surface area contributed by atoms with Crippen LogP contribution in [-0.2, 0) is 20.3 Å². The Bertz CT molecular complexity index is 879. The highest BCUT2D eigenvalue weighted by Gasteiger charge is 2.41. The molecule has 0 bridgehead atoms. The van der Waals surface area contributed by atoms with Gasteiger partial charge in [-0.3, -0.25) is 0 Å². The van der Waals surface area contributed by atoms with Crippen LogP contribution in [-0.4, -0.2) is 42.3 Å². The lowest BCUT2D eigenvalue weighted by Crippen LogP contribution is -2.51. The van der Waals surface area contributed by atoms with Crippen LogP contribution in [0.2, 0.25) is 0 Å². The fourth-order valence-corrected chi connectivity index (χ4v) is 5.16. The first-order chi connectivity index (χ1) is 12.9. The van der Waals surface area contributed by atoms with E-state index < -0.39 is 21.3 Å². The van der Waals surface area contributed by atoms with Gasteiger partial charge in [0.15, 0.2) is 9.84 Å². The van der Waals surface area contributed by atoms with Crippen molar-refractivity contribution in [1.29, 1.82) is 0 Å². The Hall–Kier alpha value is -2.48. The molecule has 1 aromatic heterocycles. The van der Waals surface area contributed by atoms with Crippen LogP contribution in [0.1, 0.15) is 42.1 Å². The van der Waals surface area contributed by atoms with Crippen LogP contribution < -0.4 is 5.32 Å². The molecule has 1 heterocycles. The Kier molecular flexibility index (Phi) is 5.74. The highest BCUT2D eigenvalue weighted by Crippen LogP contribution is 2.36. The van der Waals surface area contributed by atoms with Gasteiger partial charge in [0.25, 0.3) is 0 Å². The number of hydrogen-bond acceptors (Lipinski definition) is 7. The number of benzene rings is 1. The number of nitrogens with zero attached hydrogens (tertiary/aromatic N) is 2. The van der Waals surface area contributed by atoms with E-state index >= 15 is 0 Å². The van der Waals surface area contributed by atoms with E-state index in [2.05, 4.69) is 15.3 Å². The van der Waals surface area contributed by atoms with E-state index in [1.54, 1.807) is 6.92 Å². The van der Waals surface area contributed by atoms with E-state index in [0.29, 0.717) is 5.95 Å². The van der Waals surface area contributed by atoms with Crippen LogP contribution in [0.3, 0.4) is 0 Å². The Morgan fingerprint density at radius 3 is 2.41 bits per heavy atom. The zero-order valence-electron chi connectivity index (χ0n) is 15.2. The van der Waals surface area contributed by atoms with E-state index in [9.17, 15) is 13.2 Å². The van der Waals surface area contributed by atoms with Crippen molar-refractivity contribution in [3.63, 3.8) is 0 Å². The van der Waals surface area contributed by atoms with Crippen LogP contribution >= 0.6 is 0 Å². The van der Waals surface area contributed by atoms with Crippen molar-refractivity contribution >= 4 is 21.8 Å². The Morgan fingerprint density at radius 1 is 1.19 bits per heavy atom. The third kappa shape index (κ3) is 5.03. The van der Waals surface area contributed by atoms with Gasteiger partial charge in [0.05, 0.1) is 29.2 Å². The number of aromatic nitrogens is 2. The summed E-state index contributed by atoms with van der Waals surface area (Å²) in [5.74, 6) is -0.122. The molecular weight excluding hydrogens is 366 g/mol. The SMILES string of the molecule is CCOC(=O)c1cnc(NC2(CS(=O)(=O)Cc3ccccc3)CCC2)nc1. The minimum Gasteiger partial charge on any atom is -0.462 e. The molecule has 0 saturated heterocycles. The maximum atomic E-state index is 12.7. The summed E-state index contributed by atoms with van der Waals surface area (Å²) in [5, 5.41) is 3.18. The van der Waals surface area contributed by atoms with Gasteiger partial charge in [-0.2, -0.15) is 0 Å². The van der Waals surface area contributed by atoms with Gasteiger partial charge < -0.3 is 10.1 Å². The topological polar surface area (TPSA) is 98.2 Å². The van der Waals surface area contributed by atoms with Crippen molar-refractivity contribution < 1.29 is 17.9 Å². The molecule has 3 rings (SSSR count). The Balaban J connectivity index is 1.68. The number of sulfone groups is 1. The summed E-state index contributed by atoms with van der Waals surface area (Å²) in [6, 6.07) is 9.16. The lowest BCUT2D eigenvalue weighted by molar-refractivity contribution is 0.0525. The minimum absolute atomic E-state index is 0.0138. The number of esters is 1. The van der Waals surface area contributed by atoms with E-state index in [-0.39, 0.29) is 23.7 Å². The molecule has 7 nitrogen and oxygen atoms in total. The van der Waals surface area contributed by atoms with Crippen molar-refractivity contribution in [2.75, 3.05) is 17.7 Å². The first-order valence-corrected chi connectivity index (χ1v) is 10.8. The third-order valence-corrected chi connectivity index (χ3v) is 6.34. The molecule has 0 aliphatic heterocycles. The van der Waals surface area contributed by atoms with Gasteiger partial charge in [0.2, 0.25) is 5.95 Å². The van der Waals surface area contributed by atoms with E-state index in [4.69, 9.17) is 4.74 Å². The van der Waals surface area contributed by atoms with Gasteiger partial charge in [0.1, 0.15) is 0 Å². The summed E-state index contributed by atoms with van der Waals surface area (Å²) >= 11 is 0. The normalized spacial score (nSPS) is 15.6. The predicted molar refractivity (Wildman–Crippen MR) is 102 cm³/mol. The zero-order chi connectivity index (χ0) is 19.3. The molecule has 27 heavy (non-hydrogen) atoms. The smallest absolute Gasteiger partial charge is 0.341 e. The summed E-state index contributed by atoms with van der Waals surface area (Å²) < 4.78 is 30.2. The monoisotopic (exact) mass is 389 g/mol. The number of anilines is 1. The molecule has 1 saturated carbocycles. The maximum Gasteiger partial charge on any atom is 0.341 e. The fraction of sp³-hybridized carbons (Fsp3) is 0.421. The van der Waals surface area contributed by atoms with Crippen LogP contribution in [0.25, 0.3) is 0 Å². The minimum atomic E-state index is -3.29. The molecule has 144 valence electrons. The van der Waals surface area contributed by atoms with Crippen molar-refractivity contribution in [3.8, 4) is 0 Å². The first kappa shape index (κ1) is 19.3. The molecule has 8 heteroatoms. The van der Waals surface area contributed by atoms with Crippen molar-refractivity contribution in [1.82, 2.24) is 9.97 Å². The molecule has 1 N–H and O–H groups in total. The summed E-state index contributed by atoms with van der Waals surface area (Å²) in [5.41, 5.74) is 0.489. The van der Waals surface area contributed by atoms with Crippen molar-refractivity contribution in [2.24, 2.45) is 0 Å². The molecule has 0 radical (unpaired) electrons. The van der Waals surface area contributed by atoms with E-state index in [1.807, 2.05) is 30.3 Å². The lowest BCUT2D eigenvalue weighted by Gasteiger charge is -2.42. The predicted octanol–water partition coefficient (Wildman–Crippen LogP) is 2.60. The summed E-state index contributed by atoms with van der Waals surface area (Å²) in [6.07, 6.45) is 5.21. The molecule has 0 amide bonds. The molecule has 1 fully saturated rings. The summed E-state index contributed by atoms with van der Waals surface area (Å²) in [7, 11) is -3.29. The molecule has 2 aromatic rings. The molecule has 1 aliphatic carbocycles. The van der Waals surface area contributed by atoms with E-state index in [1.165, 1.54) is 12.4 Å². The first-order valence-electron chi connectivity index (χ1n) is 8.93. The maximum absolute atomic E-state index is 12.7. The summed E-state index contributed by atoms with van der Waals surface area (Å²) in [6.45, 7) is 2.01. The average Bonchev–Trinajstić information content (AvgIpc) is 2.61. The van der Waals surface area contributed by atoms with Crippen LogP contribution in [0, 0.1) is 0 Å². The van der Waals surface area contributed by atoms with Gasteiger partial charge in [-0.1, -0.05) is 30.3 Å². The summed E-state index contributed by atoms with van der Waals surface area (Å²) in [4.78, 5) is 20.0. The molecule has 1 aromatic carbocycles. The van der Waals surface area contributed by atoms with Gasteiger partial charge in [-0.25, -0.2) is 23.2 Å². The number of carbonyl (C=O) groups is 1. The molecule has 0 atom stereocenters. The molecule has 1 aliphatic rings. The fourth-order valence-electron chi connectivity index (χ4n) is 3.16.